The van der Waals surface area contributed by atoms with Crippen LogP contribution in [0.1, 0.15) is 28.7 Å². The third-order valence-electron chi connectivity index (χ3n) is 5.32. The summed E-state index contributed by atoms with van der Waals surface area (Å²) in [5.74, 6) is -1.04. The second-order valence-corrected chi connectivity index (χ2v) is 8.22. The number of hydrogen-bond acceptors (Lipinski definition) is 5. The Morgan fingerprint density at radius 1 is 1.09 bits per heavy atom. The molecule has 1 saturated heterocycles. The van der Waals surface area contributed by atoms with Crippen molar-refractivity contribution in [1.82, 2.24) is 0 Å². The third-order valence-corrected chi connectivity index (χ3v) is 5.82. The molecule has 1 aliphatic rings. The molecular weight excluding hydrogens is 453 g/mol. The lowest BCUT2D eigenvalue weighted by Gasteiger charge is -2.25. The zero-order valence-electron chi connectivity index (χ0n) is 17.5. The Morgan fingerprint density at radius 3 is 2.44 bits per heavy atom. The average molecular weight is 472 g/mol. The van der Waals surface area contributed by atoms with Crippen LogP contribution in [0.5, 0.6) is 5.75 Å². The number of Topliss-reactive ketones (excluding diaryl/α,β-unsaturated/α-hetero) is 1. The van der Waals surface area contributed by atoms with Crippen molar-refractivity contribution in [3.8, 4) is 5.75 Å². The zero-order chi connectivity index (χ0) is 23.2. The number of methoxy groups -OCH3 is 1. The summed E-state index contributed by atoms with van der Waals surface area (Å²) in [5.41, 5.74) is 1.26. The first-order valence-electron chi connectivity index (χ1n) is 9.71. The van der Waals surface area contributed by atoms with Gasteiger partial charge < -0.3 is 14.3 Å². The monoisotopic (exact) mass is 471 g/mol. The number of aryl methyl sites for hydroxylation is 2. The number of amides is 1. The number of carbonyl (C=O) groups excluding carboxylic acids is 2. The van der Waals surface area contributed by atoms with Gasteiger partial charge in [0.05, 0.1) is 23.3 Å². The predicted octanol–water partition coefficient (Wildman–Crippen LogP) is 5.84. The fourth-order valence-electron chi connectivity index (χ4n) is 3.87. The number of aliphatic hydroxyl groups is 1. The molecule has 4 rings (SSSR count). The van der Waals surface area contributed by atoms with Crippen LogP contribution in [0.15, 0.2) is 58.5 Å². The molecule has 0 radical (unpaired) electrons. The third kappa shape index (κ3) is 3.55. The standard InChI is InChI=1S/C24H19Cl2NO5/c1-12-6-4-5-7-17(12)27-20(18-9-8-13(2)32-18)19(22(29)24(27)30)21(28)15-10-14(25)11-16(26)23(15)31-3/h4-11,20,28H,1-3H3/b21-19+. The number of ether oxygens (including phenoxy) is 1. The lowest BCUT2D eigenvalue weighted by Crippen LogP contribution is -2.29. The largest absolute Gasteiger partial charge is 0.507 e. The number of hydrogen-bond donors (Lipinski definition) is 1. The molecule has 164 valence electrons. The maximum absolute atomic E-state index is 13.2. The van der Waals surface area contributed by atoms with E-state index in [0.717, 1.165) is 5.56 Å². The van der Waals surface area contributed by atoms with Crippen molar-refractivity contribution in [2.45, 2.75) is 19.9 Å². The van der Waals surface area contributed by atoms with Gasteiger partial charge in [-0.15, -0.1) is 0 Å². The smallest absolute Gasteiger partial charge is 0.300 e. The Balaban J connectivity index is 2.02. The van der Waals surface area contributed by atoms with Crippen LogP contribution in [0.2, 0.25) is 10.0 Å². The summed E-state index contributed by atoms with van der Waals surface area (Å²) in [4.78, 5) is 27.7. The van der Waals surface area contributed by atoms with Crippen molar-refractivity contribution in [2.24, 2.45) is 0 Å². The molecule has 2 aromatic carbocycles. The molecule has 3 aromatic rings. The van der Waals surface area contributed by atoms with Crippen LogP contribution in [0.3, 0.4) is 0 Å². The summed E-state index contributed by atoms with van der Waals surface area (Å²) in [6.45, 7) is 3.59. The molecule has 6 nitrogen and oxygen atoms in total. The minimum absolute atomic E-state index is 0.0982. The number of aliphatic hydroxyl groups excluding tert-OH is 1. The normalized spacial score (nSPS) is 17.8. The fourth-order valence-corrected chi connectivity index (χ4v) is 4.44. The first kappa shape index (κ1) is 22.0. The van der Waals surface area contributed by atoms with Gasteiger partial charge in [-0.05, 0) is 49.7 Å². The van der Waals surface area contributed by atoms with Gasteiger partial charge in [0.15, 0.2) is 0 Å². The van der Waals surface area contributed by atoms with Gasteiger partial charge in [0.25, 0.3) is 11.7 Å². The number of ketones is 1. The van der Waals surface area contributed by atoms with E-state index in [1.165, 1.54) is 24.1 Å². The number of halogens is 2. The highest BCUT2D eigenvalue weighted by Crippen LogP contribution is 2.45. The van der Waals surface area contributed by atoms with E-state index in [0.29, 0.717) is 17.2 Å². The lowest BCUT2D eigenvalue weighted by atomic mass is 9.98. The molecule has 0 bridgehead atoms. The Bertz CT molecular complexity index is 1280. The molecule has 1 N–H and O–H groups in total. The first-order valence-corrected chi connectivity index (χ1v) is 10.5. The molecule has 0 aliphatic carbocycles. The first-order chi connectivity index (χ1) is 15.2. The number of nitrogens with zero attached hydrogens (tertiary/aromatic N) is 1. The minimum Gasteiger partial charge on any atom is -0.507 e. The molecule has 32 heavy (non-hydrogen) atoms. The Kier molecular flexibility index (Phi) is 5.75. The molecular formula is C24H19Cl2NO5. The van der Waals surface area contributed by atoms with Crippen molar-refractivity contribution >= 4 is 46.3 Å². The van der Waals surface area contributed by atoms with E-state index in [-0.39, 0.29) is 26.9 Å². The summed E-state index contributed by atoms with van der Waals surface area (Å²) in [6, 6.07) is 12.5. The van der Waals surface area contributed by atoms with Crippen LogP contribution < -0.4 is 9.64 Å². The van der Waals surface area contributed by atoms with Crippen molar-refractivity contribution < 1.29 is 23.8 Å². The average Bonchev–Trinajstić information content (AvgIpc) is 3.29. The van der Waals surface area contributed by atoms with Gasteiger partial charge >= 0.3 is 0 Å². The number of anilines is 1. The summed E-state index contributed by atoms with van der Waals surface area (Å²) < 4.78 is 11.1. The summed E-state index contributed by atoms with van der Waals surface area (Å²) >= 11 is 12.4. The van der Waals surface area contributed by atoms with Gasteiger partial charge in [-0.25, -0.2) is 0 Å². The molecule has 1 aromatic heterocycles. The second-order valence-electron chi connectivity index (χ2n) is 7.37. The summed E-state index contributed by atoms with van der Waals surface area (Å²) in [7, 11) is 1.38. The number of benzene rings is 2. The van der Waals surface area contributed by atoms with Crippen molar-refractivity contribution in [3.05, 3.63) is 86.8 Å². The van der Waals surface area contributed by atoms with E-state index in [1.54, 1.807) is 31.2 Å². The highest BCUT2D eigenvalue weighted by Gasteiger charge is 2.49. The molecule has 1 atom stereocenters. The van der Waals surface area contributed by atoms with E-state index >= 15 is 0 Å². The number of para-hydroxylation sites is 1. The maximum atomic E-state index is 13.2. The molecule has 8 heteroatoms. The summed E-state index contributed by atoms with van der Waals surface area (Å²) in [5, 5.41) is 11.7. The molecule has 1 aliphatic heterocycles. The quantitative estimate of drug-likeness (QED) is 0.293. The van der Waals surface area contributed by atoms with Gasteiger partial charge in [0, 0.05) is 10.7 Å². The Hall–Kier alpha value is -3.22. The van der Waals surface area contributed by atoms with Gasteiger partial charge in [0.1, 0.15) is 29.1 Å². The Morgan fingerprint density at radius 2 is 1.81 bits per heavy atom. The van der Waals surface area contributed by atoms with Crippen LogP contribution in [0.4, 0.5) is 5.69 Å². The van der Waals surface area contributed by atoms with Crippen LogP contribution in [-0.4, -0.2) is 23.9 Å². The second kappa shape index (κ2) is 8.37. The van der Waals surface area contributed by atoms with E-state index in [4.69, 9.17) is 32.4 Å². The predicted molar refractivity (Wildman–Crippen MR) is 122 cm³/mol. The SMILES string of the molecule is COc1c(Cl)cc(Cl)cc1/C(O)=C1\C(=O)C(=O)N(c2ccccc2C)C1c1ccc(C)o1. The topological polar surface area (TPSA) is 80.0 Å². The number of furan rings is 1. The number of rotatable bonds is 4. The minimum atomic E-state index is -0.993. The molecule has 0 spiro atoms. The highest BCUT2D eigenvalue weighted by molar-refractivity contribution is 6.52. The van der Waals surface area contributed by atoms with Gasteiger partial charge in [-0.1, -0.05) is 41.4 Å². The Labute approximate surface area is 194 Å². The van der Waals surface area contributed by atoms with Crippen LogP contribution >= 0.6 is 23.2 Å². The number of carbonyl (C=O) groups is 2. The highest BCUT2D eigenvalue weighted by atomic mass is 35.5. The maximum Gasteiger partial charge on any atom is 0.300 e. The molecule has 0 saturated carbocycles. The van der Waals surface area contributed by atoms with Crippen LogP contribution in [-0.2, 0) is 9.59 Å². The van der Waals surface area contributed by atoms with Gasteiger partial charge in [-0.2, -0.15) is 0 Å². The fraction of sp³-hybridized carbons (Fsp3) is 0.167. The van der Waals surface area contributed by atoms with Gasteiger partial charge in [-0.3, -0.25) is 14.5 Å². The van der Waals surface area contributed by atoms with Crippen LogP contribution in [0, 0.1) is 13.8 Å². The van der Waals surface area contributed by atoms with E-state index in [9.17, 15) is 14.7 Å². The van der Waals surface area contributed by atoms with Crippen molar-refractivity contribution in [3.63, 3.8) is 0 Å². The molecule has 2 heterocycles. The van der Waals surface area contributed by atoms with Gasteiger partial charge in [0.2, 0.25) is 0 Å². The van der Waals surface area contributed by atoms with E-state index in [1.807, 2.05) is 19.1 Å². The molecule has 1 fully saturated rings. The van der Waals surface area contributed by atoms with Crippen molar-refractivity contribution in [2.75, 3.05) is 12.0 Å². The van der Waals surface area contributed by atoms with E-state index < -0.39 is 23.5 Å². The lowest BCUT2D eigenvalue weighted by molar-refractivity contribution is -0.132. The van der Waals surface area contributed by atoms with Crippen molar-refractivity contribution in [1.29, 1.82) is 0 Å². The molecule has 1 unspecified atom stereocenters. The zero-order valence-corrected chi connectivity index (χ0v) is 19.0. The molecule has 1 amide bonds. The van der Waals surface area contributed by atoms with Crippen LogP contribution in [0.25, 0.3) is 5.76 Å². The van der Waals surface area contributed by atoms with E-state index in [2.05, 4.69) is 0 Å². The summed E-state index contributed by atoms with van der Waals surface area (Å²) in [6.07, 6.45) is 0.